The highest BCUT2D eigenvalue weighted by Gasteiger charge is 2.39. The number of hydrogen-bond donors (Lipinski definition) is 1. The molecule has 0 spiro atoms. The zero-order valence-corrected chi connectivity index (χ0v) is 36.4. The highest BCUT2D eigenvalue weighted by molar-refractivity contribution is 5.86. The van der Waals surface area contributed by atoms with Crippen molar-refractivity contribution in [1.29, 1.82) is 0 Å². The molecule has 67 heavy (non-hydrogen) atoms. The molecule has 10 nitrogen and oxygen atoms in total. The molecule has 0 aliphatic rings. The third-order valence-electron chi connectivity index (χ3n) is 11.3. The van der Waals surface area contributed by atoms with E-state index in [2.05, 4.69) is 24.3 Å². The second kappa shape index (κ2) is 21.9. The van der Waals surface area contributed by atoms with Gasteiger partial charge in [0.05, 0.1) is 30.1 Å². The van der Waals surface area contributed by atoms with Crippen LogP contribution in [0.3, 0.4) is 0 Å². The van der Waals surface area contributed by atoms with E-state index in [4.69, 9.17) is 25.1 Å². The molecule has 1 N–H and O–H groups in total. The maximum absolute atomic E-state index is 13.2. The fraction of sp³-hybridized carbons (Fsp3) is 0.392. The molecule has 4 aromatic carbocycles. The monoisotopic (exact) mass is 933 g/mol. The number of fused-ring (bicyclic) bond motifs is 4. The minimum absolute atomic E-state index is 0. The molecule has 0 radical (unpaired) electrons. The van der Waals surface area contributed by atoms with E-state index in [1.54, 1.807) is 19.1 Å². The molecule has 2 atom stereocenters. The lowest BCUT2D eigenvalue weighted by Crippen LogP contribution is -2.06. The maximum Gasteiger partial charge on any atom is 0.437 e. The molecule has 8 rings (SSSR count). The first kappa shape index (κ1) is 51.5. The van der Waals surface area contributed by atoms with Gasteiger partial charge in [-0.25, -0.2) is 6.57 Å². The van der Waals surface area contributed by atoms with Crippen molar-refractivity contribution in [2.24, 2.45) is 0 Å². The van der Waals surface area contributed by atoms with Crippen molar-refractivity contribution in [3.05, 3.63) is 130 Å². The van der Waals surface area contributed by atoms with Crippen LogP contribution in [0.4, 0.5) is 26.3 Å². The number of hydrogen-bond acceptors (Lipinski definition) is 7. The van der Waals surface area contributed by atoms with Crippen molar-refractivity contribution < 1.29 is 50.0 Å². The molecule has 0 aliphatic heterocycles. The number of aliphatic hydroxyl groups is 1. The Balaban J connectivity index is 0.000000244. The third-order valence-corrected chi connectivity index (χ3v) is 11.3. The Labute approximate surface area is 385 Å². The number of alkyl halides is 6. The predicted molar refractivity (Wildman–Crippen MR) is 249 cm³/mol. The summed E-state index contributed by atoms with van der Waals surface area (Å²) in [7, 11) is 0. The number of nitrogens with zero attached hydrogens (tertiary/aromatic N) is 5. The van der Waals surface area contributed by atoms with E-state index in [9.17, 15) is 31.4 Å². The normalized spacial score (nSPS) is 12.6. The summed E-state index contributed by atoms with van der Waals surface area (Å²) in [4.78, 5) is 3.57. The van der Waals surface area contributed by atoms with E-state index in [0.29, 0.717) is 48.7 Å². The summed E-state index contributed by atoms with van der Waals surface area (Å²) < 4.78 is 105. The third kappa shape index (κ3) is 11.4. The first-order chi connectivity index (χ1) is 31.1. The largest absolute Gasteiger partial charge is 0.493 e. The Morgan fingerprint density at radius 2 is 1.09 bits per heavy atom. The second-order valence-corrected chi connectivity index (χ2v) is 15.9. The average Bonchev–Trinajstić information content (AvgIpc) is 4.09. The van der Waals surface area contributed by atoms with Crippen molar-refractivity contribution in [1.82, 2.24) is 19.4 Å². The van der Waals surface area contributed by atoms with Crippen LogP contribution in [-0.2, 0) is 38.3 Å². The van der Waals surface area contributed by atoms with Crippen molar-refractivity contribution in [3.63, 3.8) is 0 Å². The Hall–Kier alpha value is -6.47. The number of aryl methyl sites for hydroxylation is 4. The topological polar surface area (TPSA) is 105 Å². The van der Waals surface area contributed by atoms with E-state index < -0.39 is 29.8 Å². The van der Waals surface area contributed by atoms with Crippen LogP contribution in [0.5, 0.6) is 11.5 Å². The molecule has 358 valence electrons. The highest BCUT2D eigenvalue weighted by atomic mass is 19.4. The summed E-state index contributed by atoms with van der Waals surface area (Å²) in [5.41, 5.74) is 3.54. The van der Waals surface area contributed by atoms with Crippen molar-refractivity contribution >= 4 is 43.7 Å². The first-order valence-electron chi connectivity index (χ1n) is 21.6. The van der Waals surface area contributed by atoms with Gasteiger partial charge >= 0.3 is 12.4 Å². The van der Waals surface area contributed by atoms with Crippen molar-refractivity contribution in [2.75, 3.05) is 13.2 Å². The SMILES string of the molecule is C.C.CCCc1c(OCCCn2ccc3cc(C(C)O)ccc32)ccc2c(C(F)(F)F)noc12.[C-]#[N+]C(C)c1ccc2c(ccn2CCCOc2ccc3c(C(F)(F)F)noc3c2CCC)c1. The number of halogens is 6. The van der Waals surface area contributed by atoms with Gasteiger partial charge in [-0.1, -0.05) is 57.9 Å². The van der Waals surface area contributed by atoms with Crippen LogP contribution in [0.2, 0.25) is 0 Å². The summed E-state index contributed by atoms with van der Waals surface area (Å²) in [5, 5.41) is 18.3. The minimum Gasteiger partial charge on any atom is -0.493 e. The summed E-state index contributed by atoms with van der Waals surface area (Å²) in [6, 6.07) is 21.7. The fourth-order valence-electron chi connectivity index (χ4n) is 7.99. The Morgan fingerprint density at radius 3 is 1.49 bits per heavy atom. The lowest BCUT2D eigenvalue weighted by Gasteiger charge is -2.12. The van der Waals surface area contributed by atoms with Crippen LogP contribution in [0.15, 0.2) is 94.2 Å². The Kier molecular flexibility index (Phi) is 16.8. The summed E-state index contributed by atoms with van der Waals surface area (Å²) in [6.45, 7) is 17.0. The van der Waals surface area contributed by atoms with Crippen molar-refractivity contribution in [2.45, 2.75) is 119 Å². The van der Waals surface area contributed by atoms with Gasteiger partial charge in [-0.2, -0.15) is 26.3 Å². The molecule has 8 aromatic rings. The van der Waals surface area contributed by atoms with Crippen molar-refractivity contribution in [3.8, 4) is 11.5 Å². The number of aliphatic hydroxyl groups excluding tert-OH is 1. The van der Waals surface area contributed by atoms with Gasteiger partial charge in [0, 0.05) is 65.5 Å². The van der Waals surface area contributed by atoms with Crippen LogP contribution in [0, 0.1) is 6.57 Å². The number of rotatable bonds is 16. The molecule has 16 heteroatoms. The van der Waals surface area contributed by atoms with Gasteiger partial charge in [0.1, 0.15) is 11.5 Å². The van der Waals surface area contributed by atoms with Gasteiger partial charge < -0.3 is 37.6 Å². The van der Waals surface area contributed by atoms with E-state index in [1.165, 1.54) is 12.1 Å². The van der Waals surface area contributed by atoms with E-state index in [-0.39, 0.29) is 42.8 Å². The fourth-order valence-corrected chi connectivity index (χ4v) is 7.99. The molecular formula is C51H57F6N5O5. The van der Waals surface area contributed by atoms with Gasteiger partial charge in [0.25, 0.3) is 0 Å². The zero-order chi connectivity index (χ0) is 46.5. The molecular weight excluding hydrogens is 877 g/mol. The van der Waals surface area contributed by atoms with Gasteiger partial charge in [-0.15, -0.1) is 0 Å². The molecule has 0 saturated heterocycles. The van der Waals surface area contributed by atoms with Gasteiger partial charge in [0.2, 0.25) is 6.04 Å². The van der Waals surface area contributed by atoms with Gasteiger partial charge in [0.15, 0.2) is 22.6 Å². The molecule has 4 aromatic heterocycles. The van der Waals surface area contributed by atoms with Gasteiger partial charge in [-0.05, 0) is 110 Å². The van der Waals surface area contributed by atoms with Crippen LogP contribution >= 0.6 is 0 Å². The standard InChI is InChI=1S/C25H24F3N3O2.C24H25F3N2O3.2CH4/c1-4-6-19-22(10-8-20-23(19)33-30-24(20)25(26,27)28)32-14-5-12-31-13-11-18-15-17(16(2)29-3)7-9-21(18)31;1-3-5-18-21(9-7-19-22(18)32-28-23(19)24(25,26)27)31-13-4-11-29-12-10-17-14-16(15(2)30)6-8-20(17)29;;/h7-11,13,15-16H,4-6,12,14H2,1-2H3;6-10,12,14-15,30H,3-5,11,13H2,1-2H3;2*1H4. The van der Waals surface area contributed by atoms with Crippen LogP contribution in [0.1, 0.15) is 114 Å². The highest BCUT2D eigenvalue weighted by Crippen LogP contribution is 2.40. The average molecular weight is 934 g/mol. The molecule has 2 unspecified atom stereocenters. The van der Waals surface area contributed by atoms with Crippen LogP contribution < -0.4 is 9.47 Å². The second-order valence-electron chi connectivity index (χ2n) is 15.9. The molecule has 0 amide bonds. The molecule has 4 heterocycles. The molecule has 0 fully saturated rings. The quantitative estimate of drug-likeness (QED) is 0.0584. The minimum atomic E-state index is -4.56. The van der Waals surface area contributed by atoms with Crippen LogP contribution in [-0.4, -0.2) is 37.8 Å². The Morgan fingerprint density at radius 1 is 0.657 bits per heavy atom. The number of ether oxygens (including phenoxy) is 2. The summed E-state index contributed by atoms with van der Waals surface area (Å²) >= 11 is 0. The Bertz CT molecular complexity index is 2940. The first-order valence-corrected chi connectivity index (χ1v) is 21.6. The smallest absolute Gasteiger partial charge is 0.437 e. The van der Waals surface area contributed by atoms with E-state index >= 15 is 0 Å². The number of benzene rings is 4. The number of aromatic nitrogens is 4. The van der Waals surface area contributed by atoms with E-state index in [1.807, 2.05) is 81.7 Å². The van der Waals surface area contributed by atoms with Crippen LogP contribution in [0.25, 0.3) is 48.6 Å². The van der Waals surface area contributed by atoms with E-state index in [0.717, 1.165) is 71.7 Å². The molecule has 0 aliphatic carbocycles. The zero-order valence-electron chi connectivity index (χ0n) is 36.4. The molecule has 0 saturated carbocycles. The lowest BCUT2D eigenvalue weighted by molar-refractivity contribution is -0.142. The maximum atomic E-state index is 13.2. The van der Waals surface area contributed by atoms with Gasteiger partial charge in [-0.3, -0.25) is 0 Å². The summed E-state index contributed by atoms with van der Waals surface area (Å²) in [5.74, 6) is 1.06. The molecule has 0 bridgehead atoms. The predicted octanol–water partition coefficient (Wildman–Crippen LogP) is 14.8. The lowest BCUT2D eigenvalue weighted by atomic mass is 10.0. The summed E-state index contributed by atoms with van der Waals surface area (Å²) in [6.07, 6.45) is -1.65.